The minimum absolute atomic E-state index is 0.531. The molecule has 0 aliphatic heterocycles. The Labute approximate surface area is 125 Å². The fraction of sp³-hybridized carbons (Fsp3) is 0.625. The van der Waals surface area contributed by atoms with Gasteiger partial charge >= 0.3 is 0 Å². The van der Waals surface area contributed by atoms with Crippen LogP contribution in [-0.2, 0) is 6.54 Å². The first-order valence-electron chi connectivity index (χ1n) is 7.12. The van der Waals surface area contributed by atoms with Crippen molar-refractivity contribution in [3.8, 4) is 0 Å². The number of nitrogens with two attached hydrogens (primary N) is 1. The van der Waals surface area contributed by atoms with Crippen molar-refractivity contribution >= 4 is 21.6 Å². The van der Waals surface area contributed by atoms with E-state index in [1.807, 2.05) is 12.1 Å². The van der Waals surface area contributed by atoms with Gasteiger partial charge in [-0.05, 0) is 50.3 Å². The van der Waals surface area contributed by atoms with Crippen LogP contribution >= 0.6 is 15.9 Å². The molecule has 0 amide bonds. The highest BCUT2D eigenvalue weighted by atomic mass is 79.9. The summed E-state index contributed by atoms with van der Waals surface area (Å²) in [5.74, 6) is 0. The number of nitrogens with zero attached hydrogens (tertiary/aromatic N) is 1. The molecule has 0 atom stereocenters. The fourth-order valence-corrected chi connectivity index (χ4v) is 3.45. The van der Waals surface area contributed by atoms with E-state index in [1.165, 1.54) is 31.2 Å². The first kappa shape index (κ1) is 14.9. The second-order valence-corrected chi connectivity index (χ2v) is 7.47. The Morgan fingerprint density at radius 2 is 1.95 bits per heavy atom. The molecule has 0 unspecified atom stereocenters. The van der Waals surface area contributed by atoms with Crippen LogP contribution in [0.2, 0.25) is 0 Å². The van der Waals surface area contributed by atoms with Crippen LogP contribution in [0.25, 0.3) is 0 Å². The van der Waals surface area contributed by atoms with Crippen molar-refractivity contribution < 1.29 is 0 Å². The Kier molecular flexibility index (Phi) is 4.57. The summed E-state index contributed by atoms with van der Waals surface area (Å²) in [5.41, 5.74) is 8.72. The second kappa shape index (κ2) is 5.84. The van der Waals surface area contributed by atoms with E-state index in [0.717, 1.165) is 16.7 Å². The molecule has 2 N–H and O–H groups in total. The van der Waals surface area contributed by atoms with E-state index in [4.69, 9.17) is 5.73 Å². The fourth-order valence-electron chi connectivity index (χ4n) is 2.95. The van der Waals surface area contributed by atoms with Gasteiger partial charge in [-0.3, -0.25) is 4.90 Å². The standard InChI is InChI=1S/C16H25BrN2/c1-16(2)9-7-12(8-10-16)19(3)11-13-14(17)5-4-6-15(13)18/h4-6,12H,7-11,18H2,1-3H3. The summed E-state index contributed by atoms with van der Waals surface area (Å²) < 4.78 is 1.12. The van der Waals surface area contributed by atoms with Crippen molar-refractivity contribution in [1.82, 2.24) is 4.90 Å². The largest absolute Gasteiger partial charge is 0.398 e. The van der Waals surface area contributed by atoms with Crippen molar-refractivity contribution in [1.29, 1.82) is 0 Å². The van der Waals surface area contributed by atoms with Crippen LogP contribution in [0.5, 0.6) is 0 Å². The van der Waals surface area contributed by atoms with E-state index in [0.29, 0.717) is 11.5 Å². The number of halogens is 1. The minimum atomic E-state index is 0.531. The molecule has 1 saturated carbocycles. The van der Waals surface area contributed by atoms with Gasteiger partial charge in [0.2, 0.25) is 0 Å². The van der Waals surface area contributed by atoms with Crippen LogP contribution < -0.4 is 5.73 Å². The normalized spacial score (nSPS) is 19.8. The molecule has 0 saturated heterocycles. The molecular weight excluding hydrogens is 300 g/mol. The van der Waals surface area contributed by atoms with Crippen molar-refractivity contribution in [2.75, 3.05) is 12.8 Å². The highest BCUT2D eigenvalue weighted by Crippen LogP contribution is 2.37. The molecule has 19 heavy (non-hydrogen) atoms. The highest BCUT2D eigenvalue weighted by molar-refractivity contribution is 9.10. The maximum atomic E-state index is 6.09. The van der Waals surface area contributed by atoms with E-state index >= 15 is 0 Å². The van der Waals surface area contributed by atoms with Crippen LogP contribution in [0.4, 0.5) is 5.69 Å². The molecule has 0 aromatic heterocycles. The smallest absolute Gasteiger partial charge is 0.0371 e. The number of anilines is 1. The Morgan fingerprint density at radius 1 is 1.32 bits per heavy atom. The van der Waals surface area contributed by atoms with Gasteiger partial charge in [0.25, 0.3) is 0 Å². The minimum Gasteiger partial charge on any atom is -0.398 e. The van der Waals surface area contributed by atoms with Crippen LogP contribution in [0.1, 0.15) is 45.1 Å². The Hall–Kier alpha value is -0.540. The molecule has 1 fully saturated rings. The zero-order valence-corrected chi connectivity index (χ0v) is 13.8. The summed E-state index contributed by atoms with van der Waals surface area (Å²) in [6, 6.07) is 6.74. The molecule has 0 bridgehead atoms. The van der Waals surface area contributed by atoms with Crippen LogP contribution in [0.3, 0.4) is 0 Å². The summed E-state index contributed by atoms with van der Waals surface area (Å²) >= 11 is 3.61. The lowest BCUT2D eigenvalue weighted by Gasteiger charge is -2.38. The van der Waals surface area contributed by atoms with E-state index in [1.54, 1.807) is 0 Å². The lowest BCUT2D eigenvalue weighted by Crippen LogP contribution is -2.37. The maximum Gasteiger partial charge on any atom is 0.0371 e. The molecule has 0 heterocycles. The Bertz CT molecular complexity index is 412. The molecule has 0 spiro atoms. The zero-order chi connectivity index (χ0) is 14.0. The monoisotopic (exact) mass is 324 g/mol. The van der Waals surface area contributed by atoms with Gasteiger partial charge in [0, 0.05) is 28.3 Å². The average molecular weight is 325 g/mol. The van der Waals surface area contributed by atoms with Gasteiger partial charge in [-0.15, -0.1) is 0 Å². The van der Waals surface area contributed by atoms with Crippen molar-refractivity contribution in [2.45, 2.75) is 52.1 Å². The van der Waals surface area contributed by atoms with Gasteiger partial charge < -0.3 is 5.73 Å². The summed E-state index contributed by atoms with van der Waals surface area (Å²) in [6.07, 6.45) is 5.25. The van der Waals surface area contributed by atoms with Crippen molar-refractivity contribution in [3.05, 3.63) is 28.2 Å². The quantitative estimate of drug-likeness (QED) is 0.833. The first-order chi connectivity index (χ1) is 8.89. The summed E-state index contributed by atoms with van der Waals surface area (Å²) in [5, 5.41) is 0. The maximum absolute atomic E-state index is 6.09. The lowest BCUT2D eigenvalue weighted by atomic mass is 9.75. The van der Waals surface area contributed by atoms with Crippen molar-refractivity contribution in [2.24, 2.45) is 5.41 Å². The molecule has 3 heteroatoms. The number of hydrogen-bond donors (Lipinski definition) is 1. The average Bonchev–Trinajstić information content (AvgIpc) is 2.33. The highest BCUT2D eigenvalue weighted by Gasteiger charge is 2.29. The number of nitrogen functional groups attached to an aromatic ring is 1. The van der Waals surface area contributed by atoms with Gasteiger partial charge in [0.05, 0.1) is 0 Å². The number of benzene rings is 1. The molecule has 2 rings (SSSR count). The van der Waals surface area contributed by atoms with Crippen molar-refractivity contribution in [3.63, 3.8) is 0 Å². The Morgan fingerprint density at radius 3 is 2.53 bits per heavy atom. The third-order valence-corrected chi connectivity index (χ3v) is 5.24. The number of rotatable bonds is 3. The van der Waals surface area contributed by atoms with E-state index in [2.05, 4.69) is 47.8 Å². The summed E-state index contributed by atoms with van der Waals surface area (Å²) in [4.78, 5) is 2.46. The lowest BCUT2D eigenvalue weighted by molar-refractivity contribution is 0.123. The zero-order valence-electron chi connectivity index (χ0n) is 12.2. The molecule has 106 valence electrons. The van der Waals surface area contributed by atoms with Gasteiger partial charge in [-0.25, -0.2) is 0 Å². The SMILES string of the molecule is CN(Cc1c(N)cccc1Br)C1CCC(C)(C)CC1. The molecule has 1 aliphatic carbocycles. The summed E-state index contributed by atoms with van der Waals surface area (Å²) in [6.45, 7) is 5.70. The third-order valence-electron chi connectivity index (χ3n) is 4.49. The van der Waals surface area contributed by atoms with Crippen LogP contribution in [0, 0.1) is 5.41 Å². The van der Waals surface area contributed by atoms with Crippen LogP contribution in [0.15, 0.2) is 22.7 Å². The molecule has 1 aromatic carbocycles. The number of hydrogen-bond acceptors (Lipinski definition) is 2. The van der Waals surface area contributed by atoms with Gasteiger partial charge in [-0.2, -0.15) is 0 Å². The molecule has 2 nitrogen and oxygen atoms in total. The first-order valence-corrected chi connectivity index (χ1v) is 7.91. The second-order valence-electron chi connectivity index (χ2n) is 6.62. The topological polar surface area (TPSA) is 29.3 Å². The van der Waals surface area contributed by atoms with Gasteiger partial charge in [0.15, 0.2) is 0 Å². The van der Waals surface area contributed by atoms with E-state index in [-0.39, 0.29) is 0 Å². The van der Waals surface area contributed by atoms with Gasteiger partial charge in [0.1, 0.15) is 0 Å². The third kappa shape index (κ3) is 3.73. The van der Waals surface area contributed by atoms with E-state index < -0.39 is 0 Å². The molecular formula is C16H25BrN2. The predicted molar refractivity (Wildman–Crippen MR) is 86.1 cm³/mol. The molecule has 0 radical (unpaired) electrons. The predicted octanol–water partition coefficient (Wildman–Crippen LogP) is 4.43. The molecule has 1 aliphatic rings. The Balaban J connectivity index is 2.00. The molecule has 1 aromatic rings. The van der Waals surface area contributed by atoms with E-state index in [9.17, 15) is 0 Å². The summed E-state index contributed by atoms with van der Waals surface area (Å²) in [7, 11) is 2.22. The van der Waals surface area contributed by atoms with Crippen LogP contribution in [-0.4, -0.2) is 18.0 Å². The van der Waals surface area contributed by atoms with Gasteiger partial charge in [-0.1, -0.05) is 35.8 Å².